The third-order valence-corrected chi connectivity index (χ3v) is 5.78. The average molecular weight is 279 g/mol. The Morgan fingerprint density at radius 2 is 1.60 bits per heavy atom. The zero-order valence-electron chi connectivity index (χ0n) is 12.1. The first kappa shape index (κ1) is 13.7. The molecule has 112 valence electrons. The zero-order chi connectivity index (χ0) is 14.2. The van der Waals surface area contributed by atoms with Crippen LogP contribution in [0.15, 0.2) is 5.16 Å². The molecule has 0 atom stereocenters. The molecule has 1 amide bonds. The van der Waals surface area contributed by atoms with E-state index in [0.29, 0.717) is 5.41 Å². The number of piperidine rings is 1. The van der Waals surface area contributed by atoms with Gasteiger partial charge in [-0.3, -0.25) is 4.79 Å². The highest BCUT2D eigenvalue weighted by molar-refractivity contribution is 6.09. The Morgan fingerprint density at radius 1 is 1.00 bits per heavy atom. The normalized spacial score (nSPS) is 28.4. The Morgan fingerprint density at radius 3 is 2.10 bits per heavy atom. The van der Waals surface area contributed by atoms with Crippen LogP contribution in [0.25, 0.3) is 0 Å². The highest BCUT2D eigenvalue weighted by Crippen LogP contribution is 2.50. The van der Waals surface area contributed by atoms with Crippen molar-refractivity contribution >= 4 is 11.7 Å². The van der Waals surface area contributed by atoms with Crippen molar-refractivity contribution in [1.29, 1.82) is 0 Å². The lowest BCUT2D eigenvalue weighted by atomic mass is 9.68. The van der Waals surface area contributed by atoms with Crippen molar-refractivity contribution in [2.24, 2.45) is 21.7 Å². The Labute approximate surface area is 120 Å². The summed E-state index contributed by atoms with van der Waals surface area (Å²) >= 11 is 0. The number of hydrogen-bond acceptors (Lipinski definition) is 3. The molecule has 3 rings (SSSR count). The van der Waals surface area contributed by atoms with Crippen molar-refractivity contribution in [2.75, 3.05) is 13.1 Å². The second-order valence-corrected chi connectivity index (χ2v) is 6.92. The standard InChI is InChI=1S/C15H25N3O2/c16-12(17-20)15(6-7-15)13(19)18-10-8-14(9-11-18)4-2-1-3-5-14/h20H,1-11H2,(H2,16,17). The largest absolute Gasteiger partial charge is 0.409 e. The van der Waals surface area contributed by atoms with Crippen LogP contribution >= 0.6 is 0 Å². The molecule has 2 saturated carbocycles. The molecule has 0 aromatic carbocycles. The summed E-state index contributed by atoms with van der Waals surface area (Å²) in [5.41, 5.74) is 5.54. The number of hydrogen-bond donors (Lipinski definition) is 2. The molecule has 1 spiro atoms. The van der Waals surface area contributed by atoms with Gasteiger partial charge in [0.1, 0.15) is 5.41 Å². The third kappa shape index (κ3) is 2.17. The first-order valence-electron chi connectivity index (χ1n) is 7.89. The second kappa shape index (κ2) is 4.93. The van der Waals surface area contributed by atoms with Crippen molar-refractivity contribution in [2.45, 2.75) is 57.8 Å². The zero-order valence-corrected chi connectivity index (χ0v) is 12.1. The van der Waals surface area contributed by atoms with E-state index in [1.807, 2.05) is 4.90 Å². The molecule has 5 heteroatoms. The van der Waals surface area contributed by atoms with Crippen molar-refractivity contribution in [3.8, 4) is 0 Å². The van der Waals surface area contributed by atoms with Crippen LogP contribution < -0.4 is 5.73 Å². The fraction of sp³-hybridized carbons (Fsp3) is 0.867. The number of likely N-dealkylation sites (tertiary alicyclic amines) is 1. The Hall–Kier alpha value is -1.26. The van der Waals surface area contributed by atoms with Gasteiger partial charge in [0, 0.05) is 13.1 Å². The van der Waals surface area contributed by atoms with E-state index < -0.39 is 5.41 Å². The van der Waals surface area contributed by atoms with Crippen molar-refractivity contribution < 1.29 is 10.0 Å². The van der Waals surface area contributed by atoms with Gasteiger partial charge in [-0.25, -0.2) is 0 Å². The minimum absolute atomic E-state index is 0.0819. The molecule has 0 radical (unpaired) electrons. The van der Waals surface area contributed by atoms with E-state index in [2.05, 4.69) is 5.16 Å². The summed E-state index contributed by atoms with van der Waals surface area (Å²) in [5.74, 6) is 0.180. The van der Waals surface area contributed by atoms with E-state index in [4.69, 9.17) is 10.9 Å². The minimum Gasteiger partial charge on any atom is -0.409 e. The summed E-state index contributed by atoms with van der Waals surface area (Å²) in [6.07, 6.45) is 10.4. The summed E-state index contributed by atoms with van der Waals surface area (Å²) in [7, 11) is 0. The number of nitrogens with zero attached hydrogens (tertiary/aromatic N) is 2. The molecule has 3 aliphatic rings. The summed E-state index contributed by atoms with van der Waals surface area (Å²) < 4.78 is 0. The van der Waals surface area contributed by atoms with Crippen molar-refractivity contribution in [1.82, 2.24) is 4.90 Å². The van der Waals surface area contributed by atoms with E-state index in [0.717, 1.165) is 38.8 Å². The molecular weight excluding hydrogens is 254 g/mol. The van der Waals surface area contributed by atoms with Gasteiger partial charge in [-0.1, -0.05) is 24.4 Å². The number of amides is 1. The Balaban J connectivity index is 1.62. The fourth-order valence-corrected chi connectivity index (χ4v) is 4.09. The van der Waals surface area contributed by atoms with Crippen LogP contribution in [0.4, 0.5) is 0 Å². The molecule has 1 heterocycles. The van der Waals surface area contributed by atoms with Gasteiger partial charge in [-0.2, -0.15) is 0 Å². The highest BCUT2D eigenvalue weighted by Gasteiger charge is 2.56. The topological polar surface area (TPSA) is 78.9 Å². The molecule has 3 fully saturated rings. The van der Waals surface area contributed by atoms with Crippen LogP contribution in [0.3, 0.4) is 0 Å². The van der Waals surface area contributed by atoms with Crippen molar-refractivity contribution in [3.63, 3.8) is 0 Å². The highest BCUT2D eigenvalue weighted by atomic mass is 16.4. The number of carbonyl (C=O) groups is 1. The van der Waals surface area contributed by atoms with Gasteiger partial charge in [0.15, 0.2) is 5.84 Å². The summed E-state index contributed by atoms with van der Waals surface area (Å²) in [4.78, 5) is 14.6. The van der Waals surface area contributed by atoms with Gasteiger partial charge in [0.05, 0.1) is 0 Å². The molecule has 3 N–H and O–H groups in total. The van der Waals surface area contributed by atoms with E-state index >= 15 is 0 Å². The monoisotopic (exact) mass is 279 g/mol. The lowest BCUT2D eigenvalue weighted by Gasteiger charge is -2.45. The van der Waals surface area contributed by atoms with E-state index in [-0.39, 0.29) is 11.7 Å². The molecule has 20 heavy (non-hydrogen) atoms. The first-order chi connectivity index (χ1) is 9.62. The number of rotatable bonds is 2. The summed E-state index contributed by atoms with van der Waals surface area (Å²) in [6.45, 7) is 1.69. The van der Waals surface area contributed by atoms with Crippen LogP contribution in [0.2, 0.25) is 0 Å². The SMILES string of the molecule is NC(=NO)C1(C(=O)N2CCC3(CCCCC3)CC2)CC1. The first-order valence-corrected chi connectivity index (χ1v) is 7.89. The van der Waals surface area contributed by atoms with Gasteiger partial charge >= 0.3 is 0 Å². The molecule has 2 aliphatic carbocycles. The number of amidine groups is 1. The van der Waals surface area contributed by atoms with E-state index in [9.17, 15) is 4.79 Å². The maximum absolute atomic E-state index is 12.6. The molecule has 1 saturated heterocycles. The van der Waals surface area contributed by atoms with Gasteiger partial charge < -0.3 is 15.8 Å². The van der Waals surface area contributed by atoms with Gasteiger partial charge in [0.25, 0.3) is 0 Å². The number of carbonyl (C=O) groups excluding carboxylic acids is 1. The Bertz CT molecular complexity index is 413. The third-order valence-electron chi connectivity index (χ3n) is 5.78. The lowest BCUT2D eigenvalue weighted by molar-refractivity contribution is -0.137. The lowest BCUT2D eigenvalue weighted by Crippen LogP contribution is -2.49. The molecule has 0 aromatic heterocycles. The molecule has 1 aliphatic heterocycles. The van der Waals surface area contributed by atoms with E-state index in [1.54, 1.807) is 0 Å². The minimum atomic E-state index is -0.675. The quantitative estimate of drug-likeness (QED) is 0.351. The van der Waals surface area contributed by atoms with Crippen LogP contribution in [0, 0.1) is 10.8 Å². The average Bonchev–Trinajstić information content (AvgIpc) is 3.29. The van der Waals surface area contributed by atoms with Crippen LogP contribution in [-0.4, -0.2) is 34.9 Å². The maximum atomic E-state index is 12.6. The molecule has 0 unspecified atom stereocenters. The fourth-order valence-electron chi connectivity index (χ4n) is 4.09. The van der Waals surface area contributed by atoms with E-state index in [1.165, 1.54) is 32.1 Å². The van der Waals surface area contributed by atoms with Crippen LogP contribution in [-0.2, 0) is 4.79 Å². The molecular formula is C15H25N3O2. The Kier molecular flexibility index (Phi) is 3.38. The summed E-state index contributed by atoms with van der Waals surface area (Å²) in [6, 6.07) is 0. The predicted molar refractivity (Wildman–Crippen MR) is 76.4 cm³/mol. The maximum Gasteiger partial charge on any atom is 0.236 e. The second-order valence-electron chi connectivity index (χ2n) is 6.92. The van der Waals surface area contributed by atoms with Crippen LogP contribution in [0.5, 0.6) is 0 Å². The van der Waals surface area contributed by atoms with Crippen molar-refractivity contribution in [3.05, 3.63) is 0 Å². The van der Waals surface area contributed by atoms with Crippen LogP contribution in [0.1, 0.15) is 57.8 Å². The van der Waals surface area contributed by atoms with Gasteiger partial charge in [-0.05, 0) is 43.9 Å². The van der Waals surface area contributed by atoms with Gasteiger partial charge in [-0.15, -0.1) is 0 Å². The smallest absolute Gasteiger partial charge is 0.236 e. The predicted octanol–water partition coefficient (Wildman–Crippen LogP) is 2.09. The molecule has 5 nitrogen and oxygen atoms in total. The van der Waals surface area contributed by atoms with Gasteiger partial charge in [0.2, 0.25) is 5.91 Å². The molecule has 0 aromatic rings. The number of nitrogens with two attached hydrogens (primary N) is 1. The number of oxime groups is 1. The molecule has 0 bridgehead atoms. The summed E-state index contributed by atoms with van der Waals surface area (Å²) in [5, 5.41) is 11.9.